The normalized spacial score (nSPS) is 18.8. The van der Waals surface area contributed by atoms with Gasteiger partial charge in [0.1, 0.15) is 5.75 Å². The first-order valence-electron chi connectivity index (χ1n) is 6.31. The summed E-state index contributed by atoms with van der Waals surface area (Å²) >= 11 is 0. The molecule has 16 heavy (non-hydrogen) atoms. The Morgan fingerprint density at radius 3 is 2.38 bits per heavy atom. The Morgan fingerprint density at radius 2 is 1.81 bits per heavy atom. The van der Waals surface area contributed by atoms with E-state index in [9.17, 15) is 5.11 Å². The molecule has 1 fully saturated rings. The number of rotatable bonds is 4. The van der Waals surface area contributed by atoms with Crippen molar-refractivity contribution in [2.75, 3.05) is 13.1 Å². The zero-order valence-electron chi connectivity index (χ0n) is 10.0. The summed E-state index contributed by atoms with van der Waals surface area (Å²) in [7, 11) is 0. The van der Waals surface area contributed by atoms with E-state index >= 15 is 0 Å². The lowest BCUT2D eigenvalue weighted by Crippen LogP contribution is -2.33. The zero-order chi connectivity index (χ0) is 11.4. The van der Waals surface area contributed by atoms with Crippen LogP contribution in [0.4, 0.5) is 0 Å². The van der Waals surface area contributed by atoms with E-state index in [1.165, 1.54) is 37.9 Å². The van der Waals surface area contributed by atoms with E-state index in [4.69, 9.17) is 0 Å². The van der Waals surface area contributed by atoms with Crippen LogP contribution < -0.4 is 0 Å². The van der Waals surface area contributed by atoms with E-state index in [2.05, 4.69) is 11.8 Å². The van der Waals surface area contributed by atoms with Crippen LogP contribution >= 0.6 is 0 Å². The molecule has 0 amide bonds. The van der Waals surface area contributed by atoms with Gasteiger partial charge >= 0.3 is 0 Å². The molecule has 1 aliphatic heterocycles. The average Bonchev–Trinajstić information content (AvgIpc) is 2.82. The molecule has 1 aromatic carbocycles. The number of likely N-dealkylation sites (tertiary alicyclic amines) is 1. The highest BCUT2D eigenvalue weighted by Crippen LogP contribution is 2.19. The molecule has 1 N–H and O–H groups in total. The van der Waals surface area contributed by atoms with Crippen LogP contribution in [-0.2, 0) is 6.42 Å². The van der Waals surface area contributed by atoms with Crippen molar-refractivity contribution in [2.24, 2.45) is 0 Å². The summed E-state index contributed by atoms with van der Waals surface area (Å²) in [6, 6.07) is 8.31. The van der Waals surface area contributed by atoms with Gasteiger partial charge < -0.3 is 10.0 Å². The van der Waals surface area contributed by atoms with Gasteiger partial charge in [-0.25, -0.2) is 0 Å². The Kier molecular flexibility index (Phi) is 3.83. The van der Waals surface area contributed by atoms with E-state index in [1.807, 2.05) is 12.1 Å². The van der Waals surface area contributed by atoms with Gasteiger partial charge in [0, 0.05) is 6.04 Å². The molecule has 0 bridgehead atoms. The van der Waals surface area contributed by atoms with Gasteiger partial charge in [-0.1, -0.05) is 19.1 Å². The molecule has 0 unspecified atom stereocenters. The molecule has 2 nitrogen and oxygen atoms in total. The van der Waals surface area contributed by atoms with Gasteiger partial charge in [0.2, 0.25) is 0 Å². The Balaban J connectivity index is 1.97. The molecule has 0 aliphatic carbocycles. The van der Waals surface area contributed by atoms with Crippen molar-refractivity contribution in [1.82, 2.24) is 4.90 Å². The number of hydrogen-bond donors (Lipinski definition) is 1. The summed E-state index contributed by atoms with van der Waals surface area (Å²) < 4.78 is 0. The molecule has 0 radical (unpaired) electrons. The van der Waals surface area contributed by atoms with Crippen LogP contribution in [0.25, 0.3) is 0 Å². The van der Waals surface area contributed by atoms with Crippen LogP contribution in [-0.4, -0.2) is 29.1 Å². The molecular formula is C14H21NO. The van der Waals surface area contributed by atoms with Gasteiger partial charge in [-0.15, -0.1) is 0 Å². The second kappa shape index (κ2) is 5.35. The second-order valence-corrected chi connectivity index (χ2v) is 4.68. The molecule has 1 aliphatic rings. The van der Waals surface area contributed by atoms with E-state index < -0.39 is 0 Å². The van der Waals surface area contributed by atoms with Gasteiger partial charge in [-0.3, -0.25) is 0 Å². The minimum atomic E-state index is 0.359. The van der Waals surface area contributed by atoms with Crippen LogP contribution in [0.1, 0.15) is 31.7 Å². The van der Waals surface area contributed by atoms with E-state index in [1.54, 1.807) is 12.1 Å². The maximum Gasteiger partial charge on any atom is 0.115 e. The fraction of sp³-hybridized carbons (Fsp3) is 0.571. The maximum absolute atomic E-state index is 9.25. The number of phenols is 1. The number of benzene rings is 1. The monoisotopic (exact) mass is 219 g/mol. The molecule has 0 saturated carbocycles. The fourth-order valence-electron chi connectivity index (χ4n) is 2.54. The highest BCUT2D eigenvalue weighted by atomic mass is 16.3. The van der Waals surface area contributed by atoms with Crippen molar-refractivity contribution >= 4 is 0 Å². The van der Waals surface area contributed by atoms with Crippen molar-refractivity contribution in [2.45, 2.75) is 38.6 Å². The van der Waals surface area contributed by atoms with Crippen LogP contribution in [0.2, 0.25) is 0 Å². The van der Waals surface area contributed by atoms with Crippen LogP contribution in [0, 0.1) is 0 Å². The molecular weight excluding hydrogens is 198 g/mol. The minimum absolute atomic E-state index is 0.359. The van der Waals surface area contributed by atoms with Gasteiger partial charge in [0.05, 0.1) is 0 Å². The third-order valence-corrected chi connectivity index (χ3v) is 3.54. The highest BCUT2D eigenvalue weighted by molar-refractivity contribution is 5.26. The molecule has 1 aromatic rings. The summed E-state index contributed by atoms with van der Waals surface area (Å²) in [5.74, 6) is 0.359. The fourth-order valence-corrected chi connectivity index (χ4v) is 2.54. The molecule has 0 spiro atoms. The van der Waals surface area contributed by atoms with Crippen molar-refractivity contribution in [3.63, 3.8) is 0 Å². The molecule has 1 heterocycles. The second-order valence-electron chi connectivity index (χ2n) is 4.68. The van der Waals surface area contributed by atoms with Crippen LogP contribution in [0.5, 0.6) is 5.75 Å². The molecule has 1 saturated heterocycles. The Labute approximate surface area is 97.9 Å². The third kappa shape index (κ3) is 2.76. The number of phenolic OH excluding ortho intramolecular Hbond substituents is 1. The standard InChI is InChI=1S/C14H21NO/c1-2-13(15-9-3-4-10-15)11-12-5-7-14(16)8-6-12/h5-8,13,16H,2-4,9-11H2,1H3/t13-/m1/s1. The molecule has 2 rings (SSSR count). The Bertz CT molecular complexity index is 314. The van der Waals surface area contributed by atoms with Crippen LogP contribution in [0.3, 0.4) is 0 Å². The van der Waals surface area contributed by atoms with Gasteiger partial charge in [-0.05, 0) is 56.5 Å². The topological polar surface area (TPSA) is 23.5 Å². The van der Waals surface area contributed by atoms with Crippen molar-refractivity contribution < 1.29 is 5.11 Å². The third-order valence-electron chi connectivity index (χ3n) is 3.54. The molecule has 2 heteroatoms. The lowest BCUT2D eigenvalue weighted by Gasteiger charge is -2.26. The van der Waals surface area contributed by atoms with Crippen LogP contribution in [0.15, 0.2) is 24.3 Å². The predicted molar refractivity (Wildman–Crippen MR) is 66.7 cm³/mol. The zero-order valence-corrected chi connectivity index (χ0v) is 10.0. The van der Waals surface area contributed by atoms with Crippen molar-refractivity contribution in [1.29, 1.82) is 0 Å². The first-order chi connectivity index (χ1) is 7.79. The maximum atomic E-state index is 9.25. The summed E-state index contributed by atoms with van der Waals surface area (Å²) in [5.41, 5.74) is 1.33. The number of hydrogen-bond acceptors (Lipinski definition) is 2. The predicted octanol–water partition coefficient (Wildman–Crippen LogP) is 2.81. The number of aromatic hydroxyl groups is 1. The van der Waals surface area contributed by atoms with Gasteiger partial charge in [-0.2, -0.15) is 0 Å². The van der Waals surface area contributed by atoms with Gasteiger partial charge in [0.25, 0.3) is 0 Å². The molecule has 0 aromatic heterocycles. The smallest absolute Gasteiger partial charge is 0.115 e. The average molecular weight is 219 g/mol. The Hall–Kier alpha value is -1.02. The first kappa shape index (κ1) is 11.5. The SMILES string of the molecule is CC[C@H](Cc1ccc(O)cc1)N1CCCC1. The van der Waals surface area contributed by atoms with E-state index in [0.29, 0.717) is 11.8 Å². The first-order valence-corrected chi connectivity index (χ1v) is 6.31. The number of nitrogens with zero attached hydrogens (tertiary/aromatic N) is 1. The Morgan fingerprint density at radius 1 is 1.19 bits per heavy atom. The minimum Gasteiger partial charge on any atom is -0.508 e. The molecule has 1 atom stereocenters. The largest absolute Gasteiger partial charge is 0.508 e. The highest BCUT2D eigenvalue weighted by Gasteiger charge is 2.20. The quantitative estimate of drug-likeness (QED) is 0.841. The lowest BCUT2D eigenvalue weighted by molar-refractivity contribution is 0.234. The summed E-state index contributed by atoms with van der Waals surface area (Å²) in [5, 5.41) is 9.25. The summed E-state index contributed by atoms with van der Waals surface area (Å²) in [4.78, 5) is 2.60. The van der Waals surface area contributed by atoms with E-state index in [0.717, 1.165) is 6.42 Å². The van der Waals surface area contributed by atoms with Crippen molar-refractivity contribution in [3.05, 3.63) is 29.8 Å². The van der Waals surface area contributed by atoms with Crippen molar-refractivity contribution in [3.8, 4) is 5.75 Å². The van der Waals surface area contributed by atoms with E-state index in [-0.39, 0.29) is 0 Å². The lowest BCUT2D eigenvalue weighted by atomic mass is 10.0. The molecule has 88 valence electrons. The van der Waals surface area contributed by atoms with Gasteiger partial charge in [0.15, 0.2) is 0 Å². The summed E-state index contributed by atoms with van der Waals surface area (Å²) in [6.07, 6.45) is 5.02. The summed E-state index contributed by atoms with van der Waals surface area (Å²) in [6.45, 7) is 4.79.